The molecular weight excluding hydrogens is 468 g/mol. The lowest BCUT2D eigenvalue weighted by molar-refractivity contribution is 0.0943. The van der Waals surface area contributed by atoms with Crippen LogP contribution in [-0.4, -0.2) is 64.3 Å². The van der Waals surface area contributed by atoms with Crippen molar-refractivity contribution in [2.75, 3.05) is 25.9 Å². The van der Waals surface area contributed by atoms with E-state index in [0.717, 1.165) is 11.3 Å². The molecule has 1 amide bonds. The van der Waals surface area contributed by atoms with Crippen molar-refractivity contribution < 1.29 is 17.6 Å². The molecule has 4 aromatic heterocycles. The molecular formula is C24H26N6O4S. The summed E-state index contributed by atoms with van der Waals surface area (Å²) >= 11 is 0. The van der Waals surface area contributed by atoms with Gasteiger partial charge in [-0.05, 0) is 49.1 Å². The number of sulfonamides is 1. The summed E-state index contributed by atoms with van der Waals surface area (Å²) in [7, 11) is -3.18. The predicted molar refractivity (Wildman–Crippen MR) is 130 cm³/mol. The van der Waals surface area contributed by atoms with Crippen LogP contribution in [0.15, 0.2) is 59.6 Å². The molecule has 182 valence electrons. The molecule has 1 fully saturated rings. The Morgan fingerprint density at radius 2 is 2.03 bits per heavy atom. The highest BCUT2D eigenvalue weighted by Gasteiger charge is 2.26. The summed E-state index contributed by atoms with van der Waals surface area (Å²) in [5, 5.41) is 8.15. The fraction of sp³-hybridized carbons (Fsp3) is 0.333. The van der Waals surface area contributed by atoms with Gasteiger partial charge >= 0.3 is 0 Å². The van der Waals surface area contributed by atoms with E-state index in [2.05, 4.69) is 15.4 Å². The number of nitrogens with one attached hydrogen (secondary N) is 1. The van der Waals surface area contributed by atoms with Gasteiger partial charge in [-0.2, -0.15) is 5.10 Å². The zero-order valence-corrected chi connectivity index (χ0v) is 20.1. The number of hydrogen-bond acceptors (Lipinski definition) is 7. The van der Waals surface area contributed by atoms with E-state index in [-0.39, 0.29) is 11.8 Å². The molecule has 5 rings (SSSR count). The molecule has 1 aliphatic heterocycles. The third-order valence-corrected chi connectivity index (χ3v) is 7.59. The van der Waals surface area contributed by atoms with Gasteiger partial charge in [0.15, 0.2) is 5.65 Å². The van der Waals surface area contributed by atoms with Gasteiger partial charge in [-0.3, -0.25) is 9.78 Å². The second-order valence-corrected chi connectivity index (χ2v) is 10.7. The largest absolute Gasteiger partial charge is 0.467 e. The number of aromatic nitrogens is 4. The van der Waals surface area contributed by atoms with Crippen molar-refractivity contribution in [3.63, 3.8) is 0 Å². The van der Waals surface area contributed by atoms with E-state index in [4.69, 9.17) is 9.40 Å². The van der Waals surface area contributed by atoms with Gasteiger partial charge in [0, 0.05) is 37.6 Å². The van der Waals surface area contributed by atoms with Crippen LogP contribution in [0.5, 0.6) is 0 Å². The van der Waals surface area contributed by atoms with Gasteiger partial charge < -0.3 is 9.73 Å². The van der Waals surface area contributed by atoms with Crippen LogP contribution >= 0.6 is 0 Å². The summed E-state index contributed by atoms with van der Waals surface area (Å²) in [6, 6.07) is 9.16. The van der Waals surface area contributed by atoms with Crippen LogP contribution in [-0.2, 0) is 16.6 Å². The van der Waals surface area contributed by atoms with Gasteiger partial charge in [-0.1, -0.05) is 0 Å². The number of pyridine rings is 2. The molecule has 0 spiro atoms. The van der Waals surface area contributed by atoms with Crippen LogP contribution in [0.2, 0.25) is 0 Å². The average molecular weight is 495 g/mol. The standard InChI is InChI=1S/C24H26N6O4S/c1-35(32,33)29-9-6-17(7-10-29)13-26-24(31)20-12-22(18-4-2-8-25-14-18)28-23-21(20)15-27-30(23)16-19-5-3-11-34-19/h2-5,8,11-12,14-15,17H,6-7,9-10,13,16H2,1H3,(H,26,31). The highest BCUT2D eigenvalue weighted by Crippen LogP contribution is 2.25. The number of furan rings is 1. The van der Waals surface area contributed by atoms with Crippen LogP contribution < -0.4 is 5.32 Å². The molecule has 0 saturated carbocycles. The first-order valence-electron chi connectivity index (χ1n) is 11.4. The summed E-state index contributed by atoms with van der Waals surface area (Å²) in [5.74, 6) is 0.731. The van der Waals surface area contributed by atoms with Crippen molar-refractivity contribution >= 4 is 27.0 Å². The number of amides is 1. The number of piperidine rings is 1. The van der Waals surface area contributed by atoms with Gasteiger partial charge in [0.1, 0.15) is 12.3 Å². The van der Waals surface area contributed by atoms with Crippen molar-refractivity contribution in [2.45, 2.75) is 19.4 Å². The van der Waals surface area contributed by atoms with E-state index in [1.54, 1.807) is 35.6 Å². The van der Waals surface area contributed by atoms with Crippen LogP contribution in [0, 0.1) is 5.92 Å². The lowest BCUT2D eigenvalue weighted by Gasteiger charge is -2.30. The maximum absolute atomic E-state index is 13.3. The lowest BCUT2D eigenvalue weighted by Crippen LogP contribution is -2.41. The van der Waals surface area contributed by atoms with Crippen molar-refractivity contribution in [1.29, 1.82) is 0 Å². The maximum Gasteiger partial charge on any atom is 0.252 e. The molecule has 1 N–H and O–H groups in total. The summed E-state index contributed by atoms with van der Waals surface area (Å²) in [6.07, 6.45) is 9.30. The highest BCUT2D eigenvalue weighted by molar-refractivity contribution is 7.88. The van der Waals surface area contributed by atoms with E-state index in [0.29, 0.717) is 61.3 Å². The van der Waals surface area contributed by atoms with E-state index >= 15 is 0 Å². The molecule has 11 heteroatoms. The van der Waals surface area contributed by atoms with Crippen molar-refractivity contribution in [3.05, 3.63) is 66.5 Å². The van der Waals surface area contributed by atoms with E-state index < -0.39 is 10.0 Å². The van der Waals surface area contributed by atoms with Gasteiger partial charge in [-0.25, -0.2) is 22.4 Å². The summed E-state index contributed by atoms with van der Waals surface area (Å²) in [4.78, 5) is 22.3. The Hall–Kier alpha value is -3.57. The number of hydrogen-bond donors (Lipinski definition) is 1. The Kier molecular flexibility index (Phi) is 6.35. The quantitative estimate of drug-likeness (QED) is 0.419. The fourth-order valence-corrected chi connectivity index (χ4v) is 5.21. The van der Waals surface area contributed by atoms with E-state index in [1.807, 2.05) is 24.3 Å². The first kappa shape index (κ1) is 23.2. The van der Waals surface area contributed by atoms with Crippen molar-refractivity contribution in [3.8, 4) is 11.3 Å². The number of fused-ring (bicyclic) bond motifs is 1. The SMILES string of the molecule is CS(=O)(=O)N1CCC(CNC(=O)c2cc(-c3cccnc3)nc3c2cnn3Cc2ccco2)CC1. The minimum Gasteiger partial charge on any atom is -0.467 e. The van der Waals surface area contributed by atoms with Gasteiger partial charge in [0.2, 0.25) is 10.0 Å². The second kappa shape index (κ2) is 9.59. The molecule has 0 radical (unpaired) electrons. The van der Waals surface area contributed by atoms with E-state index in [1.165, 1.54) is 10.6 Å². The first-order chi connectivity index (χ1) is 16.9. The molecule has 0 atom stereocenters. The van der Waals surface area contributed by atoms with E-state index in [9.17, 15) is 13.2 Å². The third kappa shape index (κ3) is 5.10. The molecule has 1 aliphatic rings. The number of rotatable bonds is 7. The molecule has 0 bridgehead atoms. The second-order valence-electron chi connectivity index (χ2n) is 8.73. The molecule has 35 heavy (non-hydrogen) atoms. The Morgan fingerprint density at radius 3 is 2.71 bits per heavy atom. The minimum atomic E-state index is -3.18. The topological polar surface area (TPSA) is 123 Å². The maximum atomic E-state index is 13.3. The Morgan fingerprint density at radius 1 is 1.20 bits per heavy atom. The Bertz CT molecular complexity index is 1430. The smallest absolute Gasteiger partial charge is 0.252 e. The zero-order valence-electron chi connectivity index (χ0n) is 19.3. The summed E-state index contributed by atoms with van der Waals surface area (Å²) in [5.41, 5.74) is 2.48. The van der Waals surface area contributed by atoms with Crippen LogP contribution in [0.25, 0.3) is 22.3 Å². The third-order valence-electron chi connectivity index (χ3n) is 6.29. The first-order valence-corrected chi connectivity index (χ1v) is 13.3. The summed E-state index contributed by atoms with van der Waals surface area (Å²) < 4.78 is 32.2. The Balaban J connectivity index is 1.40. The monoisotopic (exact) mass is 494 g/mol. The van der Waals surface area contributed by atoms with Crippen LogP contribution in [0.3, 0.4) is 0 Å². The van der Waals surface area contributed by atoms with Gasteiger partial charge in [-0.15, -0.1) is 0 Å². The number of carbonyl (C=O) groups is 1. The average Bonchev–Trinajstić information content (AvgIpc) is 3.53. The number of carbonyl (C=O) groups excluding carboxylic acids is 1. The molecule has 0 unspecified atom stereocenters. The fourth-order valence-electron chi connectivity index (χ4n) is 4.34. The highest BCUT2D eigenvalue weighted by atomic mass is 32.2. The molecule has 0 aromatic carbocycles. The van der Waals surface area contributed by atoms with Crippen molar-refractivity contribution in [2.24, 2.45) is 5.92 Å². The van der Waals surface area contributed by atoms with Crippen LogP contribution in [0.4, 0.5) is 0 Å². The predicted octanol–water partition coefficient (Wildman–Crippen LogP) is 2.54. The summed E-state index contributed by atoms with van der Waals surface area (Å²) in [6.45, 7) is 1.82. The Labute approximate surface area is 203 Å². The van der Waals surface area contributed by atoms with Gasteiger partial charge in [0.05, 0.1) is 35.4 Å². The number of nitrogens with zero attached hydrogens (tertiary/aromatic N) is 5. The molecule has 0 aliphatic carbocycles. The molecule has 10 nitrogen and oxygen atoms in total. The lowest BCUT2D eigenvalue weighted by atomic mass is 9.98. The normalized spacial score (nSPS) is 15.5. The molecule has 4 aromatic rings. The molecule has 5 heterocycles. The van der Waals surface area contributed by atoms with Crippen molar-refractivity contribution in [1.82, 2.24) is 29.4 Å². The van der Waals surface area contributed by atoms with Gasteiger partial charge in [0.25, 0.3) is 5.91 Å². The zero-order chi connectivity index (χ0) is 24.4. The molecule has 1 saturated heterocycles. The minimum absolute atomic E-state index is 0.216. The van der Waals surface area contributed by atoms with Crippen LogP contribution in [0.1, 0.15) is 29.0 Å².